The van der Waals surface area contributed by atoms with Crippen LogP contribution in [0.15, 0.2) is 18.2 Å². The summed E-state index contributed by atoms with van der Waals surface area (Å²) in [5.41, 5.74) is 1.27. The number of amides is 1. The molecule has 0 aliphatic carbocycles. The summed E-state index contributed by atoms with van der Waals surface area (Å²) < 4.78 is 12.1. The van der Waals surface area contributed by atoms with Gasteiger partial charge in [-0.25, -0.2) is 4.79 Å². The predicted molar refractivity (Wildman–Crippen MR) is 99.3 cm³/mol. The minimum absolute atomic E-state index is 0.130. The fourth-order valence-corrected chi connectivity index (χ4v) is 3.35. The lowest BCUT2D eigenvalue weighted by Crippen LogP contribution is -2.41. The first kappa shape index (κ1) is 18.7. The molecule has 2 heterocycles. The van der Waals surface area contributed by atoms with E-state index in [9.17, 15) is 9.59 Å². The van der Waals surface area contributed by atoms with Gasteiger partial charge in [0.05, 0.1) is 17.2 Å². The van der Waals surface area contributed by atoms with Crippen molar-refractivity contribution in [3.63, 3.8) is 0 Å². The summed E-state index contributed by atoms with van der Waals surface area (Å²) in [4.78, 5) is 24.5. The maximum absolute atomic E-state index is 11.6. The van der Waals surface area contributed by atoms with Crippen molar-refractivity contribution >= 4 is 30.6 Å². The van der Waals surface area contributed by atoms with E-state index in [2.05, 4.69) is 5.32 Å². The van der Waals surface area contributed by atoms with E-state index in [1.54, 1.807) is 6.07 Å². The highest BCUT2D eigenvalue weighted by atomic mass is 16.7. The van der Waals surface area contributed by atoms with Crippen LogP contribution in [0.2, 0.25) is 0 Å². The van der Waals surface area contributed by atoms with Crippen molar-refractivity contribution in [3.05, 3.63) is 23.8 Å². The molecule has 26 heavy (non-hydrogen) atoms. The SMILES string of the molecule is CC1(C)OB(c2ccc(N3CC[C@@H](NC(=O)O)C3)c(C=O)c2)OC1(C)C. The Hall–Kier alpha value is -2.06. The molecule has 1 aromatic carbocycles. The van der Waals surface area contributed by atoms with Crippen LogP contribution in [0.3, 0.4) is 0 Å². The van der Waals surface area contributed by atoms with Crippen LogP contribution < -0.4 is 15.7 Å². The highest BCUT2D eigenvalue weighted by Gasteiger charge is 2.51. The molecule has 0 spiro atoms. The molecule has 8 heteroatoms. The second-order valence-electron chi connectivity index (χ2n) is 7.91. The molecule has 2 saturated heterocycles. The number of nitrogens with zero attached hydrogens (tertiary/aromatic N) is 1. The van der Waals surface area contributed by atoms with Gasteiger partial charge in [-0.1, -0.05) is 6.07 Å². The summed E-state index contributed by atoms with van der Waals surface area (Å²) in [6.07, 6.45) is 0.509. The molecular weight excluding hydrogens is 335 g/mol. The standard InChI is InChI=1S/C18H25BN2O5/c1-17(2)18(3,4)26-19(25-17)13-5-6-15(12(9-13)11-22)21-8-7-14(10-21)20-16(23)24/h5-6,9,11,14,20H,7-8,10H2,1-4H3,(H,23,24)/t14-/m1/s1. The van der Waals surface area contributed by atoms with Crippen LogP contribution in [0.5, 0.6) is 0 Å². The van der Waals surface area contributed by atoms with E-state index < -0.39 is 24.4 Å². The van der Waals surface area contributed by atoms with Crippen LogP contribution in [0.1, 0.15) is 44.5 Å². The van der Waals surface area contributed by atoms with Crippen molar-refractivity contribution in [3.8, 4) is 0 Å². The molecule has 7 nitrogen and oxygen atoms in total. The van der Waals surface area contributed by atoms with Crippen LogP contribution >= 0.6 is 0 Å². The molecule has 0 unspecified atom stereocenters. The molecule has 1 amide bonds. The van der Waals surface area contributed by atoms with Gasteiger partial charge >= 0.3 is 13.2 Å². The third-order valence-corrected chi connectivity index (χ3v) is 5.56. The van der Waals surface area contributed by atoms with Crippen molar-refractivity contribution in [2.24, 2.45) is 0 Å². The van der Waals surface area contributed by atoms with Gasteiger partial charge in [-0.05, 0) is 51.7 Å². The van der Waals surface area contributed by atoms with Gasteiger partial charge in [-0.3, -0.25) is 4.79 Å². The molecule has 0 bridgehead atoms. The molecule has 140 valence electrons. The monoisotopic (exact) mass is 360 g/mol. The maximum Gasteiger partial charge on any atom is 0.494 e. The molecular formula is C18H25BN2O5. The van der Waals surface area contributed by atoms with E-state index in [1.807, 2.05) is 44.7 Å². The number of carboxylic acid groups (broad SMARTS) is 1. The highest BCUT2D eigenvalue weighted by molar-refractivity contribution is 6.62. The Labute approximate surface area is 153 Å². The number of hydrogen-bond acceptors (Lipinski definition) is 5. The van der Waals surface area contributed by atoms with Gasteiger partial charge in [-0.2, -0.15) is 0 Å². The van der Waals surface area contributed by atoms with Crippen molar-refractivity contribution < 1.29 is 24.0 Å². The van der Waals surface area contributed by atoms with Gasteiger partial charge in [0.15, 0.2) is 6.29 Å². The molecule has 2 aliphatic rings. The van der Waals surface area contributed by atoms with Crippen molar-refractivity contribution in [2.45, 2.75) is 51.4 Å². The van der Waals surface area contributed by atoms with Gasteiger partial charge in [0.2, 0.25) is 0 Å². The van der Waals surface area contributed by atoms with Gasteiger partial charge in [0, 0.05) is 24.3 Å². The van der Waals surface area contributed by atoms with Gasteiger partial charge in [-0.15, -0.1) is 0 Å². The normalized spacial score (nSPS) is 23.9. The first-order valence-corrected chi connectivity index (χ1v) is 8.82. The Balaban J connectivity index is 1.79. The molecule has 1 atom stereocenters. The third-order valence-electron chi connectivity index (χ3n) is 5.56. The van der Waals surface area contributed by atoms with Crippen molar-refractivity contribution in [1.29, 1.82) is 0 Å². The van der Waals surface area contributed by atoms with E-state index in [0.29, 0.717) is 25.1 Å². The van der Waals surface area contributed by atoms with Crippen LogP contribution in [0.25, 0.3) is 0 Å². The van der Waals surface area contributed by atoms with E-state index >= 15 is 0 Å². The Kier molecular flexibility index (Phi) is 4.75. The summed E-state index contributed by atoms with van der Waals surface area (Å²) in [5, 5.41) is 11.4. The van der Waals surface area contributed by atoms with E-state index in [4.69, 9.17) is 14.4 Å². The minimum atomic E-state index is -1.02. The lowest BCUT2D eigenvalue weighted by Gasteiger charge is -2.32. The summed E-state index contributed by atoms with van der Waals surface area (Å²) in [6.45, 7) is 9.19. The fourth-order valence-electron chi connectivity index (χ4n) is 3.35. The lowest BCUT2D eigenvalue weighted by molar-refractivity contribution is 0.00578. The molecule has 0 saturated carbocycles. The number of rotatable bonds is 4. The summed E-state index contributed by atoms with van der Waals surface area (Å²) in [5.74, 6) is 0. The van der Waals surface area contributed by atoms with Crippen molar-refractivity contribution in [1.82, 2.24) is 5.32 Å². The number of aldehydes is 1. The zero-order valence-corrected chi connectivity index (χ0v) is 15.6. The van der Waals surface area contributed by atoms with Crippen LogP contribution in [-0.2, 0) is 9.31 Å². The van der Waals surface area contributed by atoms with Gasteiger partial charge < -0.3 is 24.6 Å². The molecule has 3 rings (SSSR count). The van der Waals surface area contributed by atoms with E-state index in [0.717, 1.165) is 17.4 Å². The van der Waals surface area contributed by atoms with E-state index in [1.165, 1.54) is 0 Å². The molecule has 2 aliphatic heterocycles. The van der Waals surface area contributed by atoms with Crippen LogP contribution in [-0.4, -0.2) is 54.9 Å². The lowest BCUT2D eigenvalue weighted by atomic mass is 9.78. The third kappa shape index (κ3) is 3.43. The Morgan fingerprint density at radius 2 is 1.96 bits per heavy atom. The van der Waals surface area contributed by atoms with E-state index in [-0.39, 0.29) is 6.04 Å². The zero-order valence-electron chi connectivity index (χ0n) is 15.6. The first-order chi connectivity index (χ1) is 12.1. The zero-order chi connectivity index (χ0) is 19.1. The topological polar surface area (TPSA) is 88.1 Å². The molecule has 0 radical (unpaired) electrons. The summed E-state index contributed by atoms with van der Waals surface area (Å²) in [7, 11) is -0.521. The summed E-state index contributed by atoms with van der Waals surface area (Å²) in [6, 6.07) is 5.45. The Bertz CT molecular complexity index is 706. The fraction of sp³-hybridized carbons (Fsp3) is 0.556. The number of carbonyl (C=O) groups excluding carboxylic acids is 1. The number of benzene rings is 1. The Morgan fingerprint density at radius 3 is 2.54 bits per heavy atom. The van der Waals surface area contributed by atoms with Gasteiger partial charge in [0.1, 0.15) is 0 Å². The second kappa shape index (κ2) is 6.59. The highest BCUT2D eigenvalue weighted by Crippen LogP contribution is 2.36. The number of hydrogen-bond donors (Lipinski definition) is 2. The average Bonchev–Trinajstić information content (AvgIpc) is 3.08. The first-order valence-electron chi connectivity index (χ1n) is 8.82. The number of carbonyl (C=O) groups is 2. The largest absolute Gasteiger partial charge is 0.494 e. The minimum Gasteiger partial charge on any atom is -0.465 e. The quantitative estimate of drug-likeness (QED) is 0.627. The second-order valence-corrected chi connectivity index (χ2v) is 7.91. The smallest absolute Gasteiger partial charge is 0.465 e. The van der Waals surface area contributed by atoms with Crippen LogP contribution in [0, 0.1) is 0 Å². The molecule has 0 aromatic heterocycles. The summed E-state index contributed by atoms with van der Waals surface area (Å²) >= 11 is 0. The molecule has 1 aromatic rings. The van der Waals surface area contributed by atoms with Crippen LogP contribution in [0.4, 0.5) is 10.5 Å². The van der Waals surface area contributed by atoms with Gasteiger partial charge in [0.25, 0.3) is 0 Å². The number of nitrogens with one attached hydrogen (secondary N) is 1. The molecule has 2 N–H and O–H groups in total. The number of anilines is 1. The Morgan fingerprint density at radius 1 is 1.31 bits per heavy atom. The molecule has 2 fully saturated rings. The maximum atomic E-state index is 11.6. The predicted octanol–water partition coefficient (Wildman–Crippen LogP) is 1.64. The van der Waals surface area contributed by atoms with Crippen molar-refractivity contribution in [2.75, 3.05) is 18.0 Å². The average molecular weight is 360 g/mol.